The average molecular weight is 308 g/mol. The van der Waals surface area contributed by atoms with Crippen molar-refractivity contribution in [1.29, 1.82) is 0 Å². The summed E-state index contributed by atoms with van der Waals surface area (Å²) in [5, 5.41) is 2.84. The Hall–Kier alpha value is -2.88. The van der Waals surface area contributed by atoms with E-state index in [9.17, 15) is 9.59 Å². The number of nitrogens with one attached hydrogen (secondary N) is 1. The molecule has 0 saturated carbocycles. The van der Waals surface area contributed by atoms with Crippen molar-refractivity contribution in [3.63, 3.8) is 0 Å². The van der Waals surface area contributed by atoms with E-state index in [1.54, 1.807) is 12.1 Å². The van der Waals surface area contributed by atoms with Gasteiger partial charge in [-0.15, -0.1) is 0 Å². The number of benzene rings is 2. The fraction of sp³-hybridized carbons (Fsp3) is 0.158. The molecule has 0 fully saturated rings. The summed E-state index contributed by atoms with van der Waals surface area (Å²) >= 11 is 0. The highest BCUT2D eigenvalue weighted by atomic mass is 16.2. The molecule has 0 aliphatic rings. The van der Waals surface area contributed by atoms with Crippen molar-refractivity contribution in [2.24, 2.45) is 5.73 Å². The van der Waals surface area contributed by atoms with Gasteiger partial charge >= 0.3 is 0 Å². The Morgan fingerprint density at radius 2 is 1.70 bits per heavy atom. The second-order valence-electron chi connectivity index (χ2n) is 5.47. The van der Waals surface area contributed by atoms with Gasteiger partial charge in [-0.05, 0) is 31.0 Å². The van der Waals surface area contributed by atoms with Gasteiger partial charge in [-0.2, -0.15) is 0 Å². The molecule has 0 aliphatic carbocycles. The summed E-state index contributed by atoms with van der Waals surface area (Å²) in [4.78, 5) is 23.8. The maximum Gasteiger partial charge on any atom is 0.251 e. The molecule has 23 heavy (non-hydrogen) atoms. The van der Waals surface area contributed by atoms with E-state index in [1.807, 2.05) is 49.4 Å². The Morgan fingerprint density at radius 3 is 2.26 bits per heavy atom. The number of carbonyl (C=O) groups is 2. The number of rotatable bonds is 6. The van der Waals surface area contributed by atoms with Crippen LogP contribution >= 0.6 is 0 Å². The zero-order valence-electron chi connectivity index (χ0n) is 13.1. The SMILES string of the molecule is C=C(C(N)=O)[C@H](Cc1ccccc1)NC(=O)c1ccc(C)cc1. The summed E-state index contributed by atoms with van der Waals surface area (Å²) in [6.07, 6.45) is 0.459. The highest BCUT2D eigenvalue weighted by Gasteiger charge is 2.20. The second kappa shape index (κ2) is 7.40. The third-order valence-electron chi connectivity index (χ3n) is 3.64. The molecule has 2 amide bonds. The Kier molecular flexibility index (Phi) is 5.31. The first kappa shape index (κ1) is 16.5. The number of amides is 2. The normalized spacial score (nSPS) is 11.5. The summed E-state index contributed by atoms with van der Waals surface area (Å²) in [5.41, 5.74) is 8.12. The van der Waals surface area contributed by atoms with Crippen LogP contribution in [0, 0.1) is 6.92 Å². The minimum atomic E-state index is -0.616. The van der Waals surface area contributed by atoms with Gasteiger partial charge in [0.1, 0.15) is 0 Å². The third-order valence-corrected chi connectivity index (χ3v) is 3.64. The molecule has 0 radical (unpaired) electrons. The van der Waals surface area contributed by atoms with E-state index >= 15 is 0 Å². The zero-order valence-corrected chi connectivity index (χ0v) is 13.1. The highest BCUT2D eigenvalue weighted by Crippen LogP contribution is 2.11. The summed E-state index contributed by atoms with van der Waals surface area (Å²) in [6.45, 7) is 5.68. The first-order chi connectivity index (χ1) is 11.0. The molecule has 0 unspecified atom stereocenters. The van der Waals surface area contributed by atoms with Gasteiger partial charge in [0.15, 0.2) is 0 Å². The average Bonchev–Trinajstić information content (AvgIpc) is 2.55. The van der Waals surface area contributed by atoms with Crippen molar-refractivity contribution in [2.75, 3.05) is 0 Å². The third kappa shape index (κ3) is 4.54. The van der Waals surface area contributed by atoms with Crippen molar-refractivity contribution in [2.45, 2.75) is 19.4 Å². The molecule has 0 saturated heterocycles. The van der Waals surface area contributed by atoms with Crippen LogP contribution in [0.5, 0.6) is 0 Å². The summed E-state index contributed by atoms with van der Waals surface area (Å²) in [7, 11) is 0. The minimum Gasteiger partial charge on any atom is -0.366 e. The van der Waals surface area contributed by atoms with Crippen LogP contribution in [0.3, 0.4) is 0 Å². The quantitative estimate of drug-likeness (QED) is 0.804. The second-order valence-corrected chi connectivity index (χ2v) is 5.47. The van der Waals surface area contributed by atoms with Crippen molar-refractivity contribution in [1.82, 2.24) is 5.32 Å². The Balaban J connectivity index is 2.17. The Morgan fingerprint density at radius 1 is 1.09 bits per heavy atom. The molecule has 0 aromatic heterocycles. The van der Waals surface area contributed by atoms with Gasteiger partial charge in [0.25, 0.3) is 5.91 Å². The van der Waals surface area contributed by atoms with Gasteiger partial charge in [0, 0.05) is 11.1 Å². The number of aryl methyl sites for hydroxylation is 1. The van der Waals surface area contributed by atoms with Gasteiger partial charge in [-0.3, -0.25) is 9.59 Å². The van der Waals surface area contributed by atoms with Crippen LogP contribution in [0.1, 0.15) is 21.5 Å². The predicted octanol–water partition coefficient (Wildman–Crippen LogP) is 2.38. The van der Waals surface area contributed by atoms with Crippen LogP contribution in [0.25, 0.3) is 0 Å². The lowest BCUT2D eigenvalue weighted by atomic mass is 9.99. The van der Waals surface area contributed by atoms with Crippen molar-refractivity contribution in [3.8, 4) is 0 Å². The van der Waals surface area contributed by atoms with Crippen LogP contribution in [-0.2, 0) is 11.2 Å². The van der Waals surface area contributed by atoms with Crippen LogP contribution in [0.15, 0.2) is 66.7 Å². The molecule has 3 N–H and O–H groups in total. The predicted molar refractivity (Wildman–Crippen MR) is 90.9 cm³/mol. The maximum atomic E-state index is 12.4. The standard InChI is InChI=1S/C19H20N2O2/c1-13-8-10-16(11-9-13)19(23)21-17(14(2)18(20)22)12-15-6-4-3-5-7-15/h3-11,17H,2,12H2,1H3,(H2,20,22)(H,21,23)/t17-/m0/s1. The first-order valence-corrected chi connectivity index (χ1v) is 7.37. The highest BCUT2D eigenvalue weighted by molar-refractivity contribution is 5.97. The van der Waals surface area contributed by atoms with Crippen LogP contribution < -0.4 is 11.1 Å². The number of carbonyl (C=O) groups excluding carboxylic acids is 2. The molecule has 0 spiro atoms. The maximum absolute atomic E-state index is 12.4. The van der Waals surface area contributed by atoms with E-state index in [0.29, 0.717) is 12.0 Å². The fourth-order valence-electron chi connectivity index (χ4n) is 2.23. The number of hydrogen-bond donors (Lipinski definition) is 2. The lowest BCUT2D eigenvalue weighted by Crippen LogP contribution is -2.41. The topological polar surface area (TPSA) is 72.2 Å². The molecule has 2 rings (SSSR count). The van der Waals surface area contributed by atoms with Gasteiger partial charge in [-0.25, -0.2) is 0 Å². The van der Waals surface area contributed by atoms with E-state index in [-0.39, 0.29) is 11.5 Å². The number of primary amides is 1. The largest absolute Gasteiger partial charge is 0.366 e. The van der Waals surface area contributed by atoms with Crippen LogP contribution in [0.2, 0.25) is 0 Å². The molecular formula is C19H20N2O2. The minimum absolute atomic E-state index is 0.189. The van der Waals surface area contributed by atoms with Crippen LogP contribution in [0.4, 0.5) is 0 Å². The van der Waals surface area contributed by atoms with Crippen molar-refractivity contribution >= 4 is 11.8 Å². The van der Waals surface area contributed by atoms with Gasteiger partial charge in [-0.1, -0.05) is 54.6 Å². The Labute approximate surface area is 136 Å². The van der Waals surface area contributed by atoms with Crippen molar-refractivity contribution < 1.29 is 9.59 Å². The summed E-state index contributed by atoms with van der Waals surface area (Å²) in [6, 6.07) is 16.3. The molecule has 118 valence electrons. The van der Waals surface area contributed by atoms with Gasteiger partial charge < -0.3 is 11.1 Å². The molecule has 0 aliphatic heterocycles. The lowest BCUT2D eigenvalue weighted by Gasteiger charge is -2.19. The van der Waals surface area contributed by atoms with E-state index in [2.05, 4.69) is 11.9 Å². The summed E-state index contributed by atoms with van der Waals surface area (Å²) < 4.78 is 0. The molecular weight excluding hydrogens is 288 g/mol. The first-order valence-electron chi connectivity index (χ1n) is 7.37. The fourth-order valence-corrected chi connectivity index (χ4v) is 2.23. The Bertz CT molecular complexity index is 706. The number of hydrogen-bond acceptors (Lipinski definition) is 2. The van der Waals surface area contributed by atoms with E-state index in [0.717, 1.165) is 11.1 Å². The van der Waals surface area contributed by atoms with E-state index in [4.69, 9.17) is 5.73 Å². The van der Waals surface area contributed by atoms with Crippen molar-refractivity contribution in [3.05, 3.63) is 83.4 Å². The smallest absolute Gasteiger partial charge is 0.251 e. The summed E-state index contributed by atoms with van der Waals surface area (Å²) in [5.74, 6) is -0.872. The van der Waals surface area contributed by atoms with E-state index < -0.39 is 11.9 Å². The molecule has 2 aromatic carbocycles. The lowest BCUT2D eigenvalue weighted by molar-refractivity contribution is -0.114. The molecule has 1 atom stereocenters. The monoisotopic (exact) mass is 308 g/mol. The van der Waals surface area contributed by atoms with Crippen LogP contribution in [-0.4, -0.2) is 17.9 Å². The van der Waals surface area contributed by atoms with E-state index in [1.165, 1.54) is 0 Å². The number of nitrogens with two attached hydrogens (primary N) is 1. The molecule has 4 heteroatoms. The van der Waals surface area contributed by atoms with Gasteiger partial charge in [0.2, 0.25) is 5.91 Å². The molecule has 4 nitrogen and oxygen atoms in total. The van der Waals surface area contributed by atoms with Gasteiger partial charge in [0.05, 0.1) is 6.04 Å². The molecule has 2 aromatic rings. The molecule has 0 heterocycles. The molecule has 0 bridgehead atoms. The zero-order chi connectivity index (χ0) is 16.8.